The Morgan fingerprint density at radius 2 is 2.19 bits per heavy atom. The first kappa shape index (κ1) is 15.2. The molecular formula is C14H15F2NO4. The number of anilines is 1. The van der Waals surface area contributed by atoms with Crippen LogP contribution >= 0.6 is 0 Å². The van der Waals surface area contributed by atoms with Gasteiger partial charge in [0.1, 0.15) is 6.61 Å². The molecule has 0 spiro atoms. The summed E-state index contributed by atoms with van der Waals surface area (Å²) in [5, 5.41) is 0. The summed E-state index contributed by atoms with van der Waals surface area (Å²) in [6.45, 7) is 3.42. The molecule has 0 saturated carbocycles. The smallest absolute Gasteiger partial charge is 0.414 e. The average molecular weight is 299 g/mol. The standard InChI is InChI=1S/C14H15F2NO4/c1-3-20-12(18)14(15,16)11-5-4-10(8-9(11)2)17-6-7-21-13(17)19/h4-5,8H,3,6-7H2,1-2H3. The second-order valence-corrected chi connectivity index (χ2v) is 4.56. The minimum Gasteiger partial charge on any atom is -0.461 e. The second-order valence-electron chi connectivity index (χ2n) is 4.56. The van der Waals surface area contributed by atoms with E-state index in [-0.39, 0.29) is 18.8 Å². The minimum atomic E-state index is -3.72. The highest BCUT2D eigenvalue weighted by molar-refractivity contribution is 5.89. The summed E-state index contributed by atoms with van der Waals surface area (Å²) in [6, 6.07) is 3.92. The van der Waals surface area contributed by atoms with Crippen molar-refractivity contribution in [3.05, 3.63) is 29.3 Å². The second kappa shape index (κ2) is 5.67. The van der Waals surface area contributed by atoms with E-state index >= 15 is 0 Å². The van der Waals surface area contributed by atoms with Crippen molar-refractivity contribution < 1.29 is 27.8 Å². The fourth-order valence-corrected chi connectivity index (χ4v) is 2.13. The summed E-state index contributed by atoms with van der Waals surface area (Å²) in [5.74, 6) is -5.30. The van der Waals surface area contributed by atoms with Gasteiger partial charge in [0.25, 0.3) is 0 Å². The zero-order valence-electron chi connectivity index (χ0n) is 11.7. The van der Waals surface area contributed by atoms with E-state index in [1.165, 1.54) is 30.9 Å². The number of rotatable bonds is 4. The first-order valence-corrected chi connectivity index (χ1v) is 6.48. The van der Waals surface area contributed by atoms with Crippen molar-refractivity contribution in [2.45, 2.75) is 19.8 Å². The van der Waals surface area contributed by atoms with Crippen LogP contribution in [0.3, 0.4) is 0 Å². The Balaban J connectivity index is 2.31. The number of esters is 1. The van der Waals surface area contributed by atoms with Gasteiger partial charge in [-0.15, -0.1) is 0 Å². The Bertz CT molecular complexity index is 574. The molecule has 1 amide bonds. The summed E-state index contributed by atoms with van der Waals surface area (Å²) in [6.07, 6.45) is -0.515. The molecule has 1 heterocycles. The monoisotopic (exact) mass is 299 g/mol. The van der Waals surface area contributed by atoms with Crippen molar-refractivity contribution in [1.29, 1.82) is 0 Å². The van der Waals surface area contributed by atoms with Gasteiger partial charge in [-0.1, -0.05) is 6.07 Å². The molecule has 7 heteroatoms. The summed E-state index contributed by atoms with van der Waals surface area (Å²) < 4.78 is 37.2. The highest BCUT2D eigenvalue weighted by Gasteiger charge is 2.44. The summed E-state index contributed by atoms with van der Waals surface area (Å²) in [4.78, 5) is 24.1. The Hall–Kier alpha value is -2.18. The number of benzene rings is 1. The Kier molecular flexibility index (Phi) is 4.11. The summed E-state index contributed by atoms with van der Waals surface area (Å²) >= 11 is 0. The van der Waals surface area contributed by atoms with Gasteiger partial charge < -0.3 is 9.47 Å². The number of amides is 1. The molecule has 0 aromatic heterocycles. The first-order valence-electron chi connectivity index (χ1n) is 6.48. The third-order valence-corrected chi connectivity index (χ3v) is 3.15. The molecule has 0 unspecified atom stereocenters. The van der Waals surface area contributed by atoms with E-state index in [0.29, 0.717) is 12.2 Å². The van der Waals surface area contributed by atoms with Gasteiger partial charge in [-0.05, 0) is 31.5 Å². The van der Waals surface area contributed by atoms with Crippen LogP contribution in [-0.4, -0.2) is 31.8 Å². The topological polar surface area (TPSA) is 55.8 Å². The zero-order chi connectivity index (χ0) is 15.6. The van der Waals surface area contributed by atoms with E-state index in [1.54, 1.807) is 0 Å². The molecule has 1 aliphatic rings. The number of carbonyl (C=O) groups excluding carboxylic acids is 2. The molecule has 0 N–H and O–H groups in total. The van der Waals surface area contributed by atoms with Crippen molar-refractivity contribution in [2.24, 2.45) is 0 Å². The van der Waals surface area contributed by atoms with Crippen LogP contribution in [0.4, 0.5) is 19.3 Å². The molecule has 1 aromatic carbocycles. The first-order chi connectivity index (χ1) is 9.87. The minimum absolute atomic E-state index is 0.120. The number of cyclic esters (lactones) is 1. The van der Waals surface area contributed by atoms with Gasteiger partial charge in [0.2, 0.25) is 0 Å². The fourth-order valence-electron chi connectivity index (χ4n) is 2.13. The number of ether oxygens (including phenoxy) is 2. The lowest BCUT2D eigenvalue weighted by Gasteiger charge is -2.19. The molecule has 1 aliphatic heterocycles. The van der Waals surface area contributed by atoms with Crippen LogP contribution in [0, 0.1) is 6.92 Å². The molecular weight excluding hydrogens is 284 g/mol. The van der Waals surface area contributed by atoms with Crippen LogP contribution in [0.15, 0.2) is 18.2 Å². The lowest BCUT2D eigenvalue weighted by Crippen LogP contribution is -2.29. The molecule has 21 heavy (non-hydrogen) atoms. The molecule has 0 aliphatic carbocycles. The molecule has 1 saturated heterocycles. The molecule has 1 aromatic rings. The Morgan fingerprint density at radius 3 is 2.71 bits per heavy atom. The number of nitrogens with zero attached hydrogens (tertiary/aromatic N) is 1. The molecule has 0 bridgehead atoms. The third-order valence-electron chi connectivity index (χ3n) is 3.15. The SMILES string of the molecule is CCOC(=O)C(F)(F)c1ccc(N2CCOC2=O)cc1C. The van der Waals surface area contributed by atoms with Gasteiger partial charge in [-0.3, -0.25) is 4.90 Å². The van der Waals surface area contributed by atoms with Crippen LogP contribution in [0.2, 0.25) is 0 Å². The number of halogens is 2. The van der Waals surface area contributed by atoms with Gasteiger partial charge in [-0.25, -0.2) is 9.59 Å². The molecule has 2 rings (SSSR count). The maximum absolute atomic E-state index is 14.0. The van der Waals surface area contributed by atoms with Crippen LogP contribution in [-0.2, 0) is 20.2 Å². The van der Waals surface area contributed by atoms with Gasteiger partial charge in [-0.2, -0.15) is 8.78 Å². The summed E-state index contributed by atoms with van der Waals surface area (Å²) in [7, 11) is 0. The number of alkyl halides is 2. The Morgan fingerprint density at radius 1 is 1.48 bits per heavy atom. The lowest BCUT2D eigenvalue weighted by atomic mass is 10.0. The van der Waals surface area contributed by atoms with E-state index in [0.717, 1.165) is 6.07 Å². The predicted molar refractivity (Wildman–Crippen MR) is 70.4 cm³/mol. The van der Waals surface area contributed by atoms with E-state index in [1.807, 2.05) is 0 Å². The highest BCUT2D eigenvalue weighted by atomic mass is 19.3. The predicted octanol–water partition coefficient (Wildman–Crippen LogP) is 2.61. The maximum atomic E-state index is 14.0. The maximum Gasteiger partial charge on any atom is 0.414 e. The lowest BCUT2D eigenvalue weighted by molar-refractivity contribution is -0.173. The highest BCUT2D eigenvalue weighted by Crippen LogP contribution is 2.34. The van der Waals surface area contributed by atoms with Crippen LogP contribution in [0.25, 0.3) is 0 Å². The number of aryl methyl sites for hydroxylation is 1. The van der Waals surface area contributed by atoms with Crippen molar-refractivity contribution in [3.8, 4) is 0 Å². The van der Waals surface area contributed by atoms with E-state index in [2.05, 4.69) is 4.74 Å². The molecule has 0 radical (unpaired) electrons. The number of hydrogen-bond donors (Lipinski definition) is 0. The van der Waals surface area contributed by atoms with Crippen molar-refractivity contribution in [3.63, 3.8) is 0 Å². The van der Waals surface area contributed by atoms with Crippen LogP contribution in [0.1, 0.15) is 18.1 Å². The largest absolute Gasteiger partial charge is 0.461 e. The van der Waals surface area contributed by atoms with Gasteiger partial charge >= 0.3 is 18.0 Å². The van der Waals surface area contributed by atoms with Gasteiger partial charge in [0.05, 0.1) is 13.2 Å². The molecule has 5 nitrogen and oxygen atoms in total. The number of carbonyl (C=O) groups is 2. The fraction of sp³-hybridized carbons (Fsp3) is 0.429. The van der Waals surface area contributed by atoms with Crippen LogP contribution < -0.4 is 4.90 Å². The normalized spacial score (nSPS) is 15.0. The van der Waals surface area contributed by atoms with Gasteiger partial charge in [0.15, 0.2) is 0 Å². The summed E-state index contributed by atoms with van der Waals surface area (Å²) in [5.41, 5.74) is 0.223. The van der Waals surface area contributed by atoms with Gasteiger partial charge in [0, 0.05) is 11.3 Å². The van der Waals surface area contributed by atoms with Crippen molar-refractivity contribution in [1.82, 2.24) is 0 Å². The molecule has 0 atom stereocenters. The third kappa shape index (κ3) is 2.81. The number of hydrogen-bond acceptors (Lipinski definition) is 4. The Labute approximate surface area is 120 Å². The zero-order valence-corrected chi connectivity index (χ0v) is 11.7. The van der Waals surface area contributed by atoms with E-state index in [9.17, 15) is 18.4 Å². The van der Waals surface area contributed by atoms with Crippen molar-refractivity contribution >= 4 is 17.7 Å². The van der Waals surface area contributed by atoms with Crippen LogP contribution in [0.5, 0.6) is 0 Å². The van der Waals surface area contributed by atoms with E-state index in [4.69, 9.17) is 4.74 Å². The molecule has 114 valence electrons. The van der Waals surface area contributed by atoms with E-state index < -0.39 is 23.5 Å². The van der Waals surface area contributed by atoms with Crippen molar-refractivity contribution in [2.75, 3.05) is 24.7 Å². The average Bonchev–Trinajstić information content (AvgIpc) is 2.84. The quantitative estimate of drug-likeness (QED) is 0.802. The molecule has 1 fully saturated rings.